The van der Waals surface area contributed by atoms with E-state index in [2.05, 4.69) is 15.7 Å². The van der Waals surface area contributed by atoms with Crippen LogP contribution in [0.15, 0.2) is 82.4 Å². The molecule has 0 aliphatic rings. The molecule has 0 spiro atoms. The number of nitrogens with one attached hydrogen (secondary N) is 3. The van der Waals surface area contributed by atoms with E-state index in [9.17, 15) is 23.6 Å². The molecule has 3 aromatic carbocycles. The van der Waals surface area contributed by atoms with E-state index in [0.717, 1.165) is 4.68 Å². The molecule has 160 valence electrons. The summed E-state index contributed by atoms with van der Waals surface area (Å²) < 4.78 is 14.2. The first-order chi connectivity index (χ1) is 15.4. The van der Waals surface area contributed by atoms with Gasteiger partial charge < -0.3 is 10.6 Å². The number of carbonyl (C=O) groups is 2. The Labute approximate surface area is 180 Å². The molecule has 8 nitrogen and oxygen atoms in total. The van der Waals surface area contributed by atoms with Crippen LogP contribution in [-0.2, 0) is 11.3 Å². The fraction of sp³-hybridized carbons (Fsp3) is 0.0435. The van der Waals surface area contributed by atoms with Gasteiger partial charge in [-0.05, 0) is 48.5 Å². The number of nitrogens with zero attached hydrogens (tertiary/aromatic N) is 1. The lowest BCUT2D eigenvalue weighted by Gasteiger charge is -2.10. The molecule has 4 aromatic rings. The predicted octanol–water partition coefficient (Wildman–Crippen LogP) is 2.72. The number of hydrogen-bond acceptors (Lipinski definition) is 4. The van der Waals surface area contributed by atoms with Crippen LogP contribution in [0.5, 0.6) is 0 Å². The van der Waals surface area contributed by atoms with Crippen LogP contribution in [0, 0.1) is 5.82 Å². The molecule has 32 heavy (non-hydrogen) atoms. The van der Waals surface area contributed by atoms with Crippen molar-refractivity contribution in [2.45, 2.75) is 6.54 Å². The Kier molecular flexibility index (Phi) is 5.63. The Hall–Kier alpha value is -4.53. The lowest BCUT2D eigenvalue weighted by atomic mass is 10.1. The number of hydrogen-bond donors (Lipinski definition) is 3. The Balaban J connectivity index is 1.49. The minimum absolute atomic E-state index is 0.208. The molecule has 0 unspecified atom stereocenters. The van der Waals surface area contributed by atoms with E-state index < -0.39 is 35.3 Å². The fourth-order valence-corrected chi connectivity index (χ4v) is 3.21. The Morgan fingerprint density at radius 3 is 2.28 bits per heavy atom. The van der Waals surface area contributed by atoms with E-state index in [0.29, 0.717) is 11.4 Å². The van der Waals surface area contributed by atoms with Crippen molar-refractivity contribution in [1.82, 2.24) is 9.78 Å². The highest BCUT2D eigenvalue weighted by Crippen LogP contribution is 2.14. The van der Waals surface area contributed by atoms with Crippen LogP contribution in [0.4, 0.5) is 15.8 Å². The quantitative estimate of drug-likeness (QED) is 0.450. The third kappa shape index (κ3) is 4.46. The summed E-state index contributed by atoms with van der Waals surface area (Å²) in [6.45, 7) is -0.418. The number of amides is 2. The van der Waals surface area contributed by atoms with Crippen LogP contribution >= 0.6 is 0 Å². The van der Waals surface area contributed by atoms with Gasteiger partial charge in [0.2, 0.25) is 5.91 Å². The van der Waals surface area contributed by atoms with Gasteiger partial charge in [0.15, 0.2) is 0 Å². The molecular formula is C23H17FN4O4. The van der Waals surface area contributed by atoms with E-state index in [1.165, 1.54) is 42.5 Å². The van der Waals surface area contributed by atoms with Gasteiger partial charge >= 0.3 is 0 Å². The van der Waals surface area contributed by atoms with Crippen LogP contribution in [0.3, 0.4) is 0 Å². The molecular weight excluding hydrogens is 415 g/mol. The zero-order valence-corrected chi connectivity index (χ0v) is 16.6. The van der Waals surface area contributed by atoms with E-state index >= 15 is 0 Å². The van der Waals surface area contributed by atoms with Crippen molar-refractivity contribution in [1.29, 1.82) is 0 Å². The summed E-state index contributed by atoms with van der Waals surface area (Å²) in [4.78, 5) is 49.6. The monoisotopic (exact) mass is 432 g/mol. The zero-order valence-electron chi connectivity index (χ0n) is 16.6. The van der Waals surface area contributed by atoms with E-state index in [1.54, 1.807) is 30.3 Å². The molecule has 2 amide bonds. The molecule has 0 aliphatic heterocycles. The number of fused-ring (bicyclic) bond motifs is 1. The molecule has 1 heterocycles. The molecule has 0 atom stereocenters. The fourth-order valence-electron chi connectivity index (χ4n) is 3.21. The maximum absolute atomic E-state index is 13.3. The van der Waals surface area contributed by atoms with Crippen LogP contribution in [0.1, 0.15) is 10.4 Å². The van der Waals surface area contributed by atoms with Gasteiger partial charge in [0, 0.05) is 16.9 Å². The van der Waals surface area contributed by atoms with Crippen molar-refractivity contribution in [2.75, 3.05) is 10.6 Å². The number of benzene rings is 3. The molecule has 0 saturated heterocycles. The lowest BCUT2D eigenvalue weighted by Crippen LogP contribution is -2.34. The number of H-pyrrole nitrogens is 1. The first-order valence-corrected chi connectivity index (χ1v) is 9.59. The van der Waals surface area contributed by atoms with Gasteiger partial charge in [0.1, 0.15) is 12.4 Å². The predicted molar refractivity (Wildman–Crippen MR) is 118 cm³/mol. The van der Waals surface area contributed by atoms with Gasteiger partial charge in [0.25, 0.3) is 17.0 Å². The van der Waals surface area contributed by atoms with Crippen LogP contribution in [-0.4, -0.2) is 21.6 Å². The molecule has 0 fully saturated rings. The third-order valence-corrected chi connectivity index (χ3v) is 4.68. The average Bonchev–Trinajstić information content (AvgIpc) is 2.77. The Morgan fingerprint density at radius 1 is 0.844 bits per heavy atom. The number of halogens is 1. The largest absolute Gasteiger partial charge is 0.324 e. The van der Waals surface area contributed by atoms with Gasteiger partial charge in [-0.25, -0.2) is 9.07 Å². The summed E-state index contributed by atoms with van der Waals surface area (Å²) in [5.41, 5.74) is -0.131. The molecule has 4 rings (SSSR count). The normalized spacial score (nSPS) is 10.7. The van der Waals surface area contributed by atoms with Crippen molar-refractivity contribution < 1.29 is 14.0 Å². The summed E-state index contributed by atoms with van der Waals surface area (Å²) in [5, 5.41) is 8.01. The first-order valence-electron chi connectivity index (χ1n) is 9.59. The van der Waals surface area contributed by atoms with E-state index in [4.69, 9.17) is 0 Å². The molecule has 0 radical (unpaired) electrons. The van der Waals surface area contributed by atoms with E-state index in [1.807, 2.05) is 0 Å². The summed E-state index contributed by atoms with van der Waals surface area (Å²) in [6.07, 6.45) is 0. The standard InChI is InChI=1S/C23H17FN4O4/c24-15-6-4-8-17(12-15)26-21(30)14-5-3-7-16(11-14)25-20(29)13-28-23(32)19-10-2-1-9-18(19)22(31)27-28/h1-12H,13H2,(H,25,29)(H,26,30)(H,27,31). The van der Waals surface area contributed by atoms with Gasteiger partial charge in [-0.3, -0.25) is 24.3 Å². The van der Waals surface area contributed by atoms with Crippen LogP contribution in [0.2, 0.25) is 0 Å². The molecule has 0 aliphatic carbocycles. The number of anilines is 2. The Bertz CT molecular complexity index is 1460. The number of aromatic amines is 1. The van der Waals surface area contributed by atoms with Crippen LogP contribution in [0.25, 0.3) is 10.8 Å². The summed E-state index contributed by atoms with van der Waals surface area (Å²) >= 11 is 0. The van der Waals surface area contributed by atoms with Crippen molar-refractivity contribution in [3.05, 3.63) is 105 Å². The Morgan fingerprint density at radius 2 is 1.53 bits per heavy atom. The van der Waals surface area contributed by atoms with Gasteiger partial charge in [-0.2, -0.15) is 0 Å². The van der Waals surface area contributed by atoms with Gasteiger partial charge in [0.05, 0.1) is 10.8 Å². The maximum atomic E-state index is 13.3. The SMILES string of the molecule is O=C(Cn1[nH]c(=O)c2ccccc2c1=O)Nc1cccc(C(=O)Nc2cccc(F)c2)c1. The second-order valence-corrected chi connectivity index (χ2v) is 6.97. The van der Waals surface area contributed by atoms with Crippen molar-refractivity contribution in [3.63, 3.8) is 0 Å². The highest BCUT2D eigenvalue weighted by Gasteiger charge is 2.12. The minimum atomic E-state index is -0.569. The lowest BCUT2D eigenvalue weighted by molar-refractivity contribution is -0.117. The van der Waals surface area contributed by atoms with Crippen molar-refractivity contribution in [2.24, 2.45) is 0 Å². The number of rotatable bonds is 5. The van der Waals surface area contributed by atoms with E-state index in [-0.39, 0.29) is 16.3 Å². The topological polar surface area (TPSA) is 113 Å². The molecule has 9 heteroatoms. The molecule has 0 bridgehead atoms. The average molecular weight is 432 g/mol. The zero-order chi connectivity index (χ0) is 22.7. The highest BCUT2D eigenvalue weighted by atomic mass is 19.1. The second-order valence-electron chi connectivity index (χ2n) is 6.97. The molecule has 0 saturated carbocycles. The van der Waals surface area contributed by atoms with Crippen molar-refractivity contribution in [3.8, 4) is 0 Å². The maximum Gasteiger partial charge on any atom is 0.273 e. The summed E-state index contributed by atoms with van der Waals surface area (Å²) in [6, 6.07) is 17.9. The third-order valence-electron chi connectivity index (χ3n) is 4.68. The molecule has 1 aromatic heterocycles. The first kappa shape index (κ1) is 20.7. The summed E-state index contributed by atoms with van der Waals surface area (Å²) in [5.74, 6) is -1.53. The number of carbonyl (C=O) groups excluding carboxylic acids is 2. The second kappa shape index (κ2) is 8.68. The summed E-state index contributed by atoms with van der Waals surface area (Å²) in [7, 11) is 0. The van der Waals surface area contributed by atoms with Crippen molar-refractivity contribution >= 4 is 34.0 Å². The van der Waals surface area contributed by atoms with Crippen LogP contribution < -0.4 is 21.8 Å². The highest BCUT2D eigenvalue weighted by molar-refractivity contribution is 6.05. The molecule has 3 N–H and O–H groups in total. The number of aromatic nitrogens is 2. The van der Waals surface area contributed by atoms with Gasteiger partial charge in [-0.1, -0.05) is 24.3 Å². The van der Waals surface area contributed by atoms with Gasteiger partial charge in [-0.15, -0.1) is 0 Å². The smallest absolute Gasteiger partial charge is 0.273 e. The minimum Gasteiger partial charge on any atom is -0.324 e.